The molecule has 1 amide bonds. The lowest BCUT2D eigenvalue weighted by Crippen LogP contribution is -2.35. The van der Waals surface area contributed by atoms with Crippen molar-refractivity contribution in [2.45, 2.75) is 24.7 Å². The molecule has 0 bridgehead atoms. The predicted octanol–water partition coefficient (Wildman–Crippen LogP) is 5.05. The van der Waals surface area contributed by atoms with Crippen molar-refractivity contribution < 1.29 is 27.1 Å². The first-order valence-electron chi connectivity index (χ1n) is 8.87. The SMILES string of the molecule is COc1ccc(Cl)cc1NC(=O)c1cc2n(n1)[C@@H](C(F)(F)F)C[C@H](c1ccco1)N2. The summed E-state index contributed by atoms with van der Waals surface area (Å²) < 4.78 is 52.3. The molecule has 11 heteroatoms. The van der Waals surface area contributed by atoms with Crippen molar-refractivity contribution in [3.63, 3.8) is 0 Å². The average Bonchev–Trinajstić information content (AvgIpc) is 3.36. The molecule has 0 unspecified atom stereocenters. The molecule has 0 saturated carbocycles. The first-order valence-corrected chi connectivity index (χ1v) is 9.25. The molecule has 0 fully saturated rings. The molecule has 3 aromatic rings. The van der Waals surface area contributed by atoms with E-state index in [1.165, 1.54) is 25.5 Å². The van der Waals surface area contributed by atoms with Crippen LogP contribution in [0.1, 0.15) is 34.8 Å². The van der Waals surface area contributed by atoms with Gasteiger partial charge < -0.3 is 19.8 Å². The van der Waals surface area contributed by atoms with Crippen molar-refractivity contribution in [1.29, 1.82) is 0 Å². The Bertz CT molecular complexity index is 1070. The molecule has 2 aromatic heterocycles. The van der Waals surface area contributed by atoms with Crippen molar-refractivity contribution >= 4 is 29.0 Å². The lowest BCUT2D eigenvalue weighted by atomic mass is 10.0. The van der Waals surface area contributed by atoms with E-state index in [9.17, 15) is 18.0 Å². The second-order valence-electron chi connectivity index (χ2n) is 6.66. The fraction of sp³-hybridized carbons (Fsp3) is 0.263. The monoisotopic (exact) mass is 440 g/mol. The number of nitrogens with one attached hydrogen (secondary N) is 2. The second-order valence-corrected chi connectivity index (χ2v) is 7.10. The Kier molecular flexibility index (Phi) is 5.10. The van der Waals surface area contributed by atoms with Crippen LogP contribution in [0.15, 0.2) is 47.1 Å². The number of aromatic nitrogens is 2. The number of carbonyl (C=O) groups is 1. The number of benzene rings is 1. The highest BCUT2D eigenvalue weighted by atomic mass is 35.5. The third-order valence-electron chi connectivity index (χ3n) is 4.72. The number of anilines is 2. The molecule has 3 heterocycles. The van der Waals surface area contributed by atoms with E-state index in [1.54, 1.807) is 24.3 Å². The van der Waals surface area contributed by atoms with Crippen LogP contribution < -0.4 is 15.4 Å². The van der Waals surface area contributed by atoms with E-state index in [0.717, 1.165) is 4.68 Å². The summed E-state index contributed by atoms with van der Waals surface area (Å²) in [5.74, 6) is 0.0789. The van der Waals surface area contributed by atoms with Gasteiger partial charge in [-0.15, -0.1) is 0 Å². The second kappa shape index (κ2) is 7.60. The van der Waals surface area contributed by atoms with Gasteiger partial charge in [-0.1, -0.05) is 11.6 Å². The molecule has 1 aliphatic heterocycles. The number of nitrogens with zero attached hydrogens (tertiary/aromatic N) is 2. The number of rotatable bonds is 4. The minimum Gasteiger partial charge on any atom is -0.495 e. The van der Waals surface area contributed by atoms with Gasteiger partial charge >= 0.3 is 6.18 Å². The van der Waals surface area contributed by atoms with Gasteiger partial charge in [-0.25, -0.2) is 4.68 Å². The smallest absolute Gasteiger partial charge is 0.410 e. The Labute approximate surface area is 173 Å². The third-order valence-corrected chi connectivity index (χ3v) is 4.95. The largest absolute Gasteiger partial charge is 0.495 e. The third kappa shape index (κ3) is 3.82. The van der Waals surface area contributed by atoms with Crippen molar-refractivity contribution in [3.8, 4) is 5.75 Å². The molecular weight excluding hydrogens is 425 g/mol. The zero-order valence-electron chi connectivity index (χ0n) is 15.5. The number of hydrogen-bond acceptors (Lipinski definition) is 5. The van der Waals surface area contributed by atoms with Gasteiger partial charge in [0.25, 0.3) is 5.91 Å². The van der Waals surface area contributed by atoms with E-state index in [1.807, 2.05) is 0 Å². The summed E-state index contributed by atoms with van der Waals surface area (Å²) in [7, 11) is 1.42. The summed E-state index contributed by atoms with van der Waals surface area (Å²) in [5, 5.41) is 9.78. The summed E-state index contributed by atoms with van der Waals surface area (Å²) in [6.45, 7) is 0. The first kappa shape index (κ1) is 20.1. The van der Waals surface area contributed by atoms with E-state index < -0.39 is 24.2 Å². The van der Waals surface area contributed by atoms with Crippen LogP contribution in [0, 0.1) is 0 Å². The molecule has 1 aliphatic rings. The van der Waals surface area contributed by atoms with Gasteiger partial charge in [0.1, 0.15) is 17.3 Å². The lowest BCUT2D eigenvalue weighted by Gasteiger charge is -2.32. The number of halogens is 4. The molecule has 7 nitrogen and oxygen atoms in total. The highest BCUT2D eigenvalue weighted by Gasteiger charge is 2.47. The molecule has 1 aromatic carbocycles. The normalized spacial score (nSPS) is 18.4. The molecule has 158 valence electrons. The zero-order valence-corrected chi connectivity index (χ0v) is 16.3. The number of alkyl halides is 3. The van der Waals surface area contributed by atoms with Gasteiger partial charge in [-0.2, -0.15) is 18.3 Å². The Morgan fingerprint density at radius 2 is 2.17 bits per heavy atom. The van der Waals surface area contributed by atoms with E-state index in [2.05, 4.69) is 15.7 Å². The zero-order chi connectivity index (χ0) is 21.5. The fourth-order valence-electron chi connectivity index (χ4n) is 3.32. The van der Waals surface area contributed by atoms with Crippen LogP contribution in [0.2, 0.25) is 5.02 Å². The van der Waals surface area contributed by atoms with Crippen molar-refractivity contribution in [1.82, 2.24) is 9.78 Å². The van der Waals surface area contributed by atoms with Crippen LogP contribution in [0.3, 0.4) is 0 Å². The number of methoxy groups -OCH3 is 1. The number of amides is 1. The van der Waals surface area contributed by atoms with E-state index in [4.69, 9.17) is 20.8 Å². The molecule has 0 spiro atoms. The molecule has 0 radical (unpaired) electrons. The minimum atomic E-state index is -4.56. The Hall–Kier alpha value is -3.14. The van der Waals surface area contributed by atoms with Crippen molar-refractivity contribution in [3.05, 3.63) is 59.1 Å². The molecule has 0 aliphatic carbocycles. The number of fused-ring (bicyclic) bond motifs is 1. The molecule has 4 rings (SSSR count). The Morgan fingerprint density at radius 3 is 2.83 bits per heavy atom. The fourth-order valence-corrected chi connectivity index (χ4v) is 3.50. The Balaban J connectivity index is 1.65. The van der Waals surface area contributed by atoms with Crippen molar-refractivity contribution in [2.24, 2.45) is 0 Å². The maximum absolute atomic E-state index is 13.7. The lowest BCUT2D eigenvalue weighted by molar-refractivity contribution is -0.174. The quantitative estimate of drug-likeness (QED) is 0.593. The van der Waals surface area contributed by atoms with E-state index in [-0.39, 0.29) is 23.6 Å². The number of carbonyl (C=O) groups excluding carboxylic acids is 1. The van der Waals surface area contributed by atoms with Gasteiger partial charge in [-0.05, 0) is 30.3 Å². The van der Waals surface area contributed by atoms with Gasteiger partial charge in [0.2, 0.25) is 0 Å². The topological polar surface area (TPSA) is 81.3 Å². The van der Waals surface area contributed by atoms with Gasteiger partial charge in [0.15, 0.2) is 11.7 Å². The van der Waals surface area contributed by atoms with Crippen LogP contribution in [0.5, 0.6) is 5.75 Å². The van der Waals surface area contributed by atoms with Crippen molar-refractivity contribution in [2.75, 3.05) is 17.7 Å². The van der Waals surface area contributed by atoms with Gasteiger partial charge in [0.05, 0.1) is 25.1 Å². The predicted molar refractivity (Wildman–Crippen MR) is 103 cm³/mol. The summed E-state index contributed by atoms with van der Waals surface area (Å²) >= 11 is 5.95. The van der Waals surface area contributed by atoms with Crippen LogP contribution in [0.4, 0.5) is 24.7 Å². The minimum absolute atomic E-state index is 0.0631. The first-order chi connectivity index (χ1) is 14.3. The summed E-state index contributed by atoms with van der Waals surface area (Å²) in [4.78, 5) is 12.7. The van der Waals surface area contributed by atoms with Gasteiger partial charge in [0, 0.05) is 17.5 Å². The highest BCUT2D eigenvalue weighted by Crippen LogP contribution is 2.43. The molecular formula is C19H16ClF3N4O3. The van der Waals surface area contributed by atoms with Crippen LogP contribution in [-0.2, 0) is 0 Å². The standard InChI is InChI=1S/C19H16ClF3N4O3/c1-29-14-5-4-10(20)7-11(14)25-18(28)13-9-17-24-12(15-3-2-6-30-15)8-16(19(21,22)23)27(17)26-13/h2-7,9,12,16,24H,8H2,1H3,(H,25,28)/t12-,16-/m1/s1. The van der Waals surface area contributed by atoms with Gasteiger partial charge in [-0.3, -0.25) is 4.79 Å². The maximum Gasteiger partial charge on any atom is 0.410 e. The Morgan fingerprint density at radius 1 is 1.37 bits per heavy atom. The molecule has 2 atom stereocenters. The summed E-state index contributed by atoms with van der Waals surface area (Å²) in [5.41, 5.74) is 0.0867. The number of furan rings is 1. The van der Waals surface area contributed by atoms with Crippen LogP contribution in [-0.4, -0.2) is 29.0 Å². The molecule has 0 saturated heterocycles. The molecule has 2 N–H and O–H groups in total. The van der Waals surface area contributed by atoms with E-state index >= 15 is 0 Å². The van der Waals surface area contributed by atoms with Crippen LogP contribution >= 0.6 is 11.6 Å². The number of hydrogen-bond donors (Lipinski definition) is 2. The average molecular weight is 441 g/mol. The highest BCUT2D eigenvalue weighted by molar-refractivity contribution is 6.31. The van der Waals surface area contributed by atoms with E-state index in [0.29, 0.717) is 16.5 Å². The maximum atomic E-state index is 13.7. The molecule has 30 heavy (non-hydrogen) atoms. The number of ether oxygens (including phenoxy) is 1. The summed E-state index contributed by atoms with van der Waals surface area (Å²) in [6, 6.07) is 6.45. The van der Waals surface area contributed by atoms with Crippen LogP contribution in [0.25, 0.3) is 0 Å². The summed E-state index contributed by atoms with van der Waals surface area (Å²) in [6.07, 6.45) is -3.49.